The Labute approximate surface area is 270 Å². The number of Topliss-reactive ketones (excluding diaryl/α,β-unsaturated/α-hetero) is 1. The average molecular weight is 632 g/mol. The number of hydrogen-bond donors (Lipinski definition) is 4. The van der Waals surface area contributed by atoms with Crippen LogP contribution < -0.4 is 16.0 Å². The summed E-state index contributed by atoms with van der Waals surface area (Å²) in [6.45, 7) is 5.77. The van der Waals surface area contributed by atoms with Gasteiger partial charge in [-0.1, -0.05) is 81.4 Å². The molecule has 0 aliphatic heterocycles. The number of imidazole rings is 1. The van der Waals surface area contributed by atoms with E-state index in [0.717, 1.165) is 17.4 Å². The van der Waals surface area contributed by atoms with Crippen LogP contribution in [0.4, 0.5) is 4.79 Å². The molecule has 1 aromatic heterocycles. The predicted molar refractivity (Wildman–Crippen MR) is 173 cm³/mol. The number of nitrogens with one attached hydrogen (secondary N) is 4. The van der Waals surface area contributed by atoms with Crippen LogP contribution in [-0.4, -0.2) is 58.1 Å². The van der Waals surface area contributed by atoms with Gasteiger partial charge in [-0.05, 0) is 29.9 Å². The second-order valence-corrected chi connectivity index (χ2v) is 11.8. The van der Waals surface area contributed by atoms with Crippen LogP contribution in [0.1, 0.15) is 63.3 Å². The van der Waals surface area contributed by atoms with Crippen LogP contribution in [0.25, 0.3) is 0 Å². The third-order valence-corrected chi connectivity index (χ3v) is 7.61. The van der Waals surface area contributed by atoms with Gasteiger partial charge in [-0.25, -0.2) is 9.78 Å². The van der Waals surface area contributed by atoms with Gasteiger partial charge in [0.2, 0.25) is 11.8 Å². The quantitative estimate of drug-likeness (QED) is 0.145. The Morgan fingerprint density at radius 1 is 0.870 bits per heavy atom. The lowest BCUT2D eigenvalue weighted by Crippen LogP contribution is -2.57. The highest BCUT2D eigenvalue weighted by Gasteiger charge is 2.31. The van der Waals surface area contributed by atoms with Gasteiger partial charge in [-0.2, -0.15) is 0 Å². The zero-order valence-electron chi connectivity index (χ0n) is 26.7. The minimum atomic E-state index is -1.06. The first-order chi connectivity index (χ1) is 22.2. The number of H-pyrrole nitrogens is 1. The summed E-state index contributed by atoms with van der Waals surface area (Å²) in [5.74, 6) is -1.45. The topological polar surface area (TPSA) is 159 Å². The maximum Gasteiger partial charge on any atom is 0.408 e. The van der Waals surface area contributed by atoms with Crippen molar-refractivity contribution in [2.24, 2.45) is 11.8 Å². The number of hydrogen-bond acceptors (Lipinski definition) is 7. The Morgan fingerprint density at radius 3 is 2.09 bits per heavy atom. The van der Waals surface area contributed by atoms with E-state index in [1.165, 1.54) is 6.33 Å². The molecule has 1 heterocycles. The number of ether oxygens (including phenoxy) is 1. The van der Waals surface area contributed by atoms with E-state index in [1.807, 2.05) is 74.5 Å². The highest BCUT2D eigenvalue weighted by atomic mass is 16.5. The van der Waals surface area contributed by atoms with E-state index < -0.39 is 42.0 Å². The number of benzene rings is 2. The van der Waals surface area contributed by atoms with Crippen molar-refractivity contribution in [2.75, 3.05) is 0 Å². The molecule has 4 N–H and O–H groups in total. The number of aromatic amines is 1. The molecule has 0 saturated heterocycles. The molecule has 246 valence electrons. The number of carbonyl (C=O) groups excluding carboxylic acids is 5. The molecule has 2 unspecified atom stereocenters. The molecule has 46 heavy (non-hydrogen) atoms. The first kappa shape index (κ1) is 35.7. The minimum Gasteiger partial charge on any atom is -0.445 e. The zero-order chi connectivity index (χ0) is 33.3. The molecular weight excluding hydrogens is 586 g/mol. The Hall–Kier alpha value is -4.80. The highest BCUT2D eigenvalue weighted by molar-refractivity contribution is 5.92. The van der Waals surface area contributed by atoms with Crippen LogP contribution in [0.15, 0.2) is 73.2 Å². The van der Waals surface area contributed by atoms with Crippen molar-refractivity contribution in [3.63, 3.8) is 0 Å². The summed E-state index contributed by atoms with van der Waals surface area (Å²) in [7, 11) is 0. The molecule has 0 aliphatic rings. The van der Waals surface area contributed by atoms with Crippen molar-refractivity contribution in [1.82, 2.24) is 25.9 Å². The monoisotopic (exact) mass is 631 g/mol. The molecule has 0 radical (unpaired) electrons. The molecule has 0 spiro atoms. The Kier molecular flexibility index (Phi) is 14.6. The van der Waals surface area contributed by atoms with Gasteiger partial charge in [0.05, 0.1) is 6.33 Å². The SMILES string of the molecule is CCC(=O)CCC(C=O)C(CC(C)C)NC(=O)[C@H](Cc1cnc[nH]1)NC(=O)[C@H](Cc1ccccc1)NC(=O)OCc1ccccc1. The number of aromatic nitrogens is 2. The molecule has 0 fully saturated rings. The summed E-state index contributed by atoms with van der Waals surface area (Å²) in [6.07, 6.45) is 4.73. The number of amides is 3. The molecule has 3 aromatic rings. The molecule has 3 rings (SSSR count). The number of ketones is 1. The van der Waals surface area contributed by atoms with E-state index in [4.69, 9.17) is 4.74 Å². The lowest BCUT2D eigenvalue weighted by molar-refractivity contribution is -0.131. The second-order valence-electron chi connectivity index (χ2n) is 11.8. The summed E-state index contributed by atoms with van der Waals surface area (Å²) >= 11 is 0. The standard InChI is InChI=1S/C35H45N5O6/c1-4-29(42)16-15-27(21-41)30(17-24(2)3)38-34(44)32(19-28-20-36-23-37-28)39-33(43)31(18-25-11-7-5-8-12-25)40-35(45)46-22-26-13-9-6-10-14-26/h5-14,20-21,23-24,27,30-32H,4,15-19,22H2,1-3H3,(H,36,37)(H,38,44)(H,39,43)(H,40,45)/t27?,30?,31-,32-/m0/s1. The molecule has 0 bridgehead atoms. The van der Waals surface area contributed by atoms with Crippen LogP contribution in [0.2, 0.25) is 0 Å². The highest BCUT2D eigenvalue weighted by Crippen LogP contribution is 2.18. The molecule has 2 aromatic carbocycles. The summed E-state index contributed by atoms with van der Waals surface area (Å²) < 4.78 is 5.38. The van der Waals surface area contributed by atoms with Crippen molar-refractivity contribution in [1.29, 1.82) is 0 Å². The van der Waals surface area contributed by atoms with Crippen molar-refractivity contribution < 1.29 is 28.7 Å². The normalized spacial score (nSPS) is 13.6. The summed E-state index contributed by atoms with van der Waals surface area (Å²) in [6, 6.07) is 15.7. The van der Waals surface area contributed by atoms with Crippen LogP contribution in [0.5, 0.6) is 0 Å². The van der Waals surface area contributed by atoms with Gasteiger partial charge in [0.25, 0.3) is 0 Å². The second kappa shape index (κ2) is 18.9. The number of nitrogens with zero attached hydrogens (tertiary/aromatic N) is 1. The van der Waals surface area contributed by atoms with Crippen LogP contribution in [-0.2, 0) is 43.4 Å². The number of rotatable bonds is 19. The molecular formula is C35H45N5O6. The van der Waals surface area contributed by atoms with E-state index in [0.29, 0.717) is 25.0 Å². The van der Waals surface area contributed by atoms with Gasteiger partial charge in [0.1, 0.15) is 30.8 Å². The Bertz CT molecular complexity index is 1380. The molecule has 11 nitrogen and oxygen atoms in total. The van der Waals surface area contributed by atoms with Gasteiger partial charge in [-0.15, -0.1) is 0 Å². The molecule has 11 heteroatoms. The molecule has 3 amide bonds. The predicted octanol–water partition coefficient (Wildman–Crippen LogP) is 4.08. The first-order valence-corrected chi connectivity index (χ1v) is 15.7. The number of carbonyl (C=O) groups is 5. The third kappa shape index (κ3) is 12.3. The van der Waals surface area contributed by atoms with Crippen molar-refractivity contribution in [3.05, 3.63) is 90.0 Å². The van der Waals surface area contributed by atoms with E-state index in [2.05, 4.69) is 25.9 Å². The zero-order valence-corrected chi connectivity index (χ0v) is 26.7. The van der Waals surface area contributed by atoms with Gasteiger partial charge in [0, 0.05) is 49.5 Å². The fourth-order valence-electron chi connectivity index (χ4n) is 5.06. The summed E-state index contributed by atoms with van der Waals surface area (Å²) in [5.41, 5.74) is 2.20. The van der Waals surface area contributed by atoms with Gasteiger partial charge >= 0.3 is 6.09 Å². The number of aldehydes is 1. The Balaban J connectivity index is 1.80. The van der Waals surface area contributed by atoms with Crippen LogP contribution in [0, 0.1) is 11.8 Å². The van der Waals surface area contributed by atoms with Crippen molar-refractivity contribution >= 4 is 30.0 Å². The minimum absolute atomic E-state index is 0.0240. The van der Waals surface area contributed by atoms with E-state index in [-0.39, 0.29) is 37.6 Å². The average Bonchev–Trinajstić information content (AvgIpc) is 3.57. The molecule has 0 saturated carbocycles. The maximum atomic E-state index is 13.8. The first-order valence-electron chi connectivity index (χ1n) is 15.7. The smallest absolute Gasteiger partial charge is 0.408 e. The van der Waals surface area contributed by atoms with Crippen LogP contribution >= 0.6 is 0 Å². The summed E-state index contributed by atoms with van der Waals surface area (Å²) in [4.78, 5) is 71.5. The van der Waals surface area contributed by atoms with Gasteiger partial charge in [0.15, 0.2) is 0 Å². The van der Waals surface area contributed by atoms with Crippen molar-refractivity contribution in [2.45, 2.75) is 84.0 Å². The lowest BCUT2D eigenvalue weighted by Gasteiger charge is -2.29. The van der Waals surface area contributed by atoms with E-state index in [9.17, 15) is 24.0 Å². The number of alkyl carbamates (subject to hydrolysis) is 1. The molecule has 0 aliphatic carbocycles. The third-order valence-electron chi connectivity index (χ3n) is 7.61. The summed E-state index contributed by atoms with van der Waals surface area (Å²) in [5, 5.41) is 8.46. The van der Waals surface area contributed by atoms with E-state index >= 15 is 0 Å². The fourth-order valence-corrected chi connectivity index (χ4v) is 5.06. The Morgan fingerprint density at radius 2 is 1.50 bits per heavy atom. The van der Waals surface area contributed by atoms with Crippen LogP contribution in [0.3, 0.4) is 0 Å². The fraction of sp³-hybridized carbons (Fsp3) is 0.429. The molecule has 4 atom stereocenters. The van der Waals surface area contributed by atoms with Gasteiger partial charge in [-0.3, -0.25) is 14.4 Å². The lowest BCUT2D eigenvalue weighted by atomic mass is 9.88. The van der Waals surface area contributed by atoms with E-state index in [1.54, 1.807) is 13.1 Å². The van der Waals surface area contributed by atoms with Crippen molar-refractivity contribution in [3.8, 4) is 0 Å². The maximum absolute atomic E-state index is 13.8. The largest absolute Gasteiger partial charge is 0.445 e. The van der Waals surface area contributed by atoms with Gasteiger partial charge < -0.3 is 30.5 Å².